The number of rotatable bonds is 1. The minimum atomic E-state index is -0.940. The van der Waals surface area contributed by atoms with Crippen molar-refractivity contribution >= 4 is 11.5 Å². The average molecular weight is 191 g/mol. The number of para-hydroxylation sites is 1. The molecule has 14 heavy (non-hydrogen) atoms. The van der Waals surface area contributed by atoms with Crippen LogP contribution in [0, 0.1) is 0 Å². The first kappa shape index (κ1) is 8.77. The van der Waals surface area contributed by atoms with E-state index in [0.717, 1.165) is 0 Å². The van der Waals surface area contributed by atoms with Gasteiger partial charge in [-0.05, 0) is 6.07 Å². The lowest BCUT2D eigenvalue weighted by Gasteiger charge is -2.06. The number of hydrogen-bond donors (Lipinski definition) is 2. The number of carboxylic acids is 1. The zero-order chi connectivity index (χ0) is 9.97. The van der Waals surface area contributed by atoms with Crippen LogP contribution < -0.4 is 10.3 Å². The molecule has 0 saturated carbocycles. The Labute approximate surface area is 80.8 Å². The Kier molecular flexibility index (Phi) is 2.20. The Bertz CT molecular complexity index is 398. The molecule has 1 aromatic rings. The van der Waals surface area contributed by atoms with E-state index in [9.17, 15) is 4.79 Å². The van der Waals surface area contributed by atoms with Crippen molar-refractivity contribution in [3.8, 4) is 5.75 Å². The molecular weight excluding hydrogens is 182 g/mol. The number of fused-ring (bicyclic) bond motifs is 1. The maximum atomic E-state index is 10.9. The summed E-state index contributed by atoms with van der Waals surface area (Å²) in [5, 5.41) is 8.96. The molecule has 0 spiro atoms. The molecule has 2 N–H and O–H groups in total. The van der Waals surface area contributed by atoms with Crippen LogP contribution in [0.15, 0.2) is 30.3 Å². The Hall–Kier alpha value is -1.81. The minimum Gasteiger partial charge on any atom is -0.478 e. The first-order chi connectivity index (χ1) is 6.79. The van der Waals surface area contributed by atoms with Crippen LogP contribution in [0.1, 0.15) is 5.56 Å². The highest BCUT2D eigenvalue weighted by molar-refractivity contribution is 6.16. The summed E-state index contributed by atoms with van der Waals surface area (Å²) in [5.41, 5.74) is 3.52. The van der Waals surface area contributed by atoms with Crippen LogP contribution in [-0.2, 0) is 4.79 Å². The molecule has 0 saturated heterocycles. The van der Waals surface area contributed by atoms with Crippen molar-refractivity contribution in [2.75, 3.05) is 6.54 Å². The van der Waals surface area contributed by atoms with Gasteiger partial charge >= 0.3 is 5.97 Å². The molecule has 0 atom stereocenters. The van der Waals surface area contributed by atoms with Gasteiger partial charge in [0.25, 0.3) is 0 Å². The number of carbonyl (C=O) groups is 1. The van der Waals surface area contributed by atoms with Crippen molar-refractivity contribution in [2.24, 2.45) is 0 Å². The van der Waals surface area contributed by atoms with E-state index in [1.165, 1.54) is 0 Å². The van der Waals surface area contributed by atoms with Crippen LogP contribution in [0.25, 0.3) is 5.57 Å². The molecule has 1 heterocycles. The fraction of sp³-hybridized carbons (Fsp3) is 0.100. The molecule has 72 valence electrons. The second-order valence-corrected chi connectivity index (χ2v) is 2.87. The predicted octanol–water partition coefficient (Wildman–Crippen LogP) is 1.05. The summed E-state index contributed by atoms with van der Waals surface area (Å²) in [6, 6.07) is 7.03. The van der Waals surface area contributed by atoms with Crippen LogP contribution in [0.5, 0.6) is 5.75 Å². The van der Waals surface area contributed by atoms with Crippen LogP contribution in [0.2, 0.25) is 0 Å². The van der Waals surface area contributed by atoms with Crippen LogP contribution in [-0.4, -0.2) is 17.6 Å². The Morgan fingerprint density at radius 3 is 3.00 bits per heavy atom. The van der Waals surface area contributed by atoms with Gasteiger partial charge in [0.05, 0.1) is 12.1 Å². The molecule has 0 aliphatic carbocycles. The lowest BCUT2D eigenvalue weighted by atomic mass is 10.1. The standard InChI is InChI=1S/C10H9NO3/c12-10(13)8-5-6-11-14-9-4-2-1-3-7(8)9/h1-5,11H,6H2,(H,12,13). The van der Waals surface area contributed by atoms with Gasteiger partial charge in [0, 0.05) is 5.56 Å². The lowest BCUT2D eigenvalue weighted by molar-refractivity contribution is -0.130. The molecule has 0 amide bonds. The number of hydrogen-bond acceptors (Lipinski definition) is 3. The maximum Gasteiger partial charge on any atom is 0.336 e. The van der Waals surface area contributed by atoms with Crippen LogP contribution in [0.3, 0.4) is 0 Å². The van der Waals surface area contributed by atoms with E-state index in [4.69, 9.17) is 9.94 Å². The number of benzene rings is 1. The van der Waals surface area contributed by atoms with E-state index in [1.54, 1.807) is 30.3 Å². The Morgan fingerprint density at radius 2 is 2.21 bits per heavy atom. The molecule has 4 nitrogen and oxygen atoms in total. The quantitative estimate of drug-likeness (QED) is 0.696. The molecule has 2 rings (SSSR count). The van der Waals surface area contributed by atoms with E-state index >= 15 is 0 Å². The van der Waals surface area contributed by atoms with E-state index in [2.05, 4.69) is 5.48 Å². The van der Waals surface area contributed by atoms with Crippen molar-refractivity contribution in [3.05, 3.63) is 35.9 Å². The highest BCUT2D eigenvalue weighted by Crippen LogP contribution is 2.26. The van der Waals surface area contributed by atoms with Gasteiger partial charge in [0.1, 0.15) is 0 Å². The molecule has 1 aliphatic rings. The first-order valence-corrected chi connectivity index (χ1v) is 4.21. The first-order valence-electron chi connectivity index (χ1n) is 4.21. The third-order valence-corrected chi connectivity index (χ3v) is 1.98. The second kappa shape index (κ2) is 3.51. The van der Waals surface area contributed by atoms with Crippen LogP contribution >= 0.6 is 0 Å². The molecule has 0 fully saturated rings. The molecular formula is C10H9NO3. The van der Waals surface area contributed by atoms with Crippen molar-refractivity contribution < 1.29 is 14.7 Å². The van der Waals surface area contributed by atoms with E-state index in [-0.39, 0.29) is 5.57 Å². The monoisotopic (exact) mass is 191 g/mol. The summed E-state index contributed by atoms with van der Waals surface area (Å²) in [7, 11) is 0. The summed E-state index contributed by atoms with van der Waals surface area (Å²) in [5.74, 6) is -0.400. The predicted molar refractivity (Wildman–Crippen MR) is 50.7 cm³/mol. The van der Waals surface area contributed by atoms with Gasteiger partial charge < -0.3 is 9.94 Å². The summed E-state index contributed by atoms with van der Waals surface area (Å²) < 4.78 is 0. The van der Waals surface area contributed by atoms with Crippen LogP contribution in [0.4, 0.5) is 0 Å². The van der Waals surface area contributed by atoms with E-state index in [0.29, 0.717) is 17.9 Å². The number of carboxylic acid groups (broad SMARTS) is 1. The molecule has 1 aliphatic heterocycles. The van der Waals surface area contributed by atoms with Crippen molar-refractivity contribution in [3.63, 3.8) is 0 Å². The number of hydroxylamine groups is 1. The van der Waals surface area contributed by atoms with E-state index < -0.39 is 5.97 Å². The normalized spacial score (nSPS) is 14.7. The van der Waals surface area contributed by atoms with Gasteiger partial charge in [-0.3, -0.25) is 0 Å². The van der Waals surface area contributed by atoms with E-state index in [1.807, 2.05) is 0 Å². The van der Waals surface area contributed by atoms with Gasteiger partial charge in [-0.25, -0.2) is 4.79 Å². The Morgan fingerprint density at radius 1 is 1.43 bits per heavy atom. The topological polar surface area (TPSA) is 58.6 Å². The molecule has 0 radical (unpaired) electrons. The van der Waals surface area contributed by atoms with Crippen molar-refractivity contribution in [2.45, 2.75) is 0 Å². The van der Waals surface area contributed by atoms with Crippen molar-refractivity contribution in [1.29, 1.82) is 0 Å². The summed E-state index contributed by atoms with van der Waals surface area (Å²) in [6.45, 7) is 0.385. The highest BCUT2D eigenvalue weighted by Gasteiger charge is 2.16. The summed E-state index contributed by atoms with van der Waals surface area (Å²) >= 11 is 0. The highest BCUT2D eigenvalue weighted by atomic mass is 16.6. The van der Waals surface area contributed by atoms with Crippen molar-refractivity contribution in [1.82, 2.24) is 5.48 Å². The van der Waals surface area contributed by atoms with Gasteiger partial charge in [-0.1, -0.05) is 24.3 Å². The average Bonchev–Trinajstić information content (AvgIpc) is 2.39. The maximum absolute atomic E-state index is 10.9. The summed E-state index contributed by atoms with van der Waals surface area (Å²) in [6.07, 6.45) is 1.59. The molecule has 4 heteroatoms. The smallest absolute Gasteiger partial charge is 0.336 e. The third-order valence-electron chi connectivity index (χ3n) is 1.98. The van der Waals surface area contributed by atoms with Gasteiger partial charge in [-0.2, -0.15) is 5.48 Å². The lowest BCUT2D eigenvalue weighted by Crippen LogP contribution is -2.16. The fourth-order valence-corrected chi connectivity index (χ4v) is 1.35. The van der Waals surface area contributed by atoms with Gasteiger partial charge in [-0.15, -0.1) is 0 Å². The molecule has 0 aromatic heterocycles. The minimum absolute atomic E-state index is 0.269. The number of nitrogens with one attached hydrogen (secondary N) is 1. The fourth-order valence-electron chi connectivity index (χ4n) is 1.35. The van der Waals surface area contributed by atoms with Gasteiger partial charge in [0.15, 0.2) is 5.75 Å². The van der Waals surface area contributed by atoms with Gasteiger partial charge in [0.2, 0.25) is 0 Å². The Balaban J connectivity index is 2.53. The molecule has 0 bridgehead atoms. The molecule has 1 aromatic carbocycles. The second-order valence-electron chi connectivity index (χ2n) is 2.87. The zero-order valence-electron chi connectivity index (χ0n) is 7.36. The largest absolute Gasteiger partial charge is 0.478 e. The zero-order valence-corrected chi connectivity index (χ0v) is 7.36. The molecule has 0 unspecified atom stereocenters. The summed E-state index contributed by atoms with van der Waals surface area (Å²) in [4.78, 5) is 16.1. The number of aliphatic carboxylic acids is 1. The SMILES string of the molecule is O=C(O)C1=CCNOc2ccccc21. The third kappa shape index (κ3) is 1.47.